The van der Waals surface area contributed by atoms with Crippen molar-refractivity contribution in [1.82, 2.24) is 40.4 Å². The molecule has 7 amide bonds. The van der Waals surface area contributed by atoms with Gasteiger partial charge in [-0.1, -0.05) is 49.9 Å². The highest BCUT2D eigenvalue weighted by atomic mass is 35.5. The number of morpholine rings is 1. The van der Waals surface area contributed by atoms with Crippen LogP contribution in [0, 0.1) is 23.7 Å². The zero-order valence-corrected chi connectivity index (χ0v) is 41.8. The number of likely N-dealkylation sites (N-methyl/N-ethyl adjacent to an activating group) is 3. The smallest absolute Gasteiger partial charge is 0.246 e. The monoisotopic (exact) mass is 970 g/mol. The second-order valence-corrected chi connectivity index (χ2v) is 20.0. The second kappa shape index (κ2) is 24.7. The summed E-state index contributed by atoms with van der Waals surface area (Å²) in [6, 6.07) is -1.07. The van der Waals surface area contributed by atoms with Crippen molar-refractivity contribution in [3.8, 4) is 12.3 Å². The summed E-state index contributed by atoms with van der Waals surface area (Å²) >= 11 is 13.0. The second-order valence-electron chi connectivity index (χ2n) is 19.2. The first-order valence-corrected chi connectivity index (χ1v) is 24.9. The minimum atomic E-state index is -1.10. The summed E-state index contributed by atoms with van der Waals surface area (Å²) < 4.78 is 5.50. The number of hydrogen-bond donors (Lipinski definition) is 3. The molecule has 1 aromatic carbocycles. The Labute approximate surface area is 406 Å². The number of nitrogens with one attached hydrogen (secondary N) is 3. The first kappa shape index (κ1) is 53.5. The topological polar surface area (TPSA) is 181 Å². The first-order chi connectivity index (χ1) is 31.9. The van der Waals surface area contributed by atoms with Gasteiger partial charge in [-0.25, -0.2) is 0 Å². The normalized spacial score (nSPS) is 24.1. The van der Waals surface area contributed by atoms with Crippen LogP contribution >= 0.6 is 23.2 Å². The van der Waals surface area contributed by atoms with Crippen molar-refractivity contribution in [3.05, 3.63) is 33.8 Å². The standard InChI is InChI=1S/C49H72Cl2N8O8/c1-8-36(54-48(66)49(9-2)20-21-49)42(60)52-37(15-10-13-23-58-25-27-67-28-26-58)44(62)56(6)39-16-11-12-22-55(5)46(64)40-17-14-24-59(40)47(65)41(31-33-30-34(50)18-19-35(33)51)57(7)45(63)38(29-32(3)4)53-43(39)61/h2,18-19,30,32,36-41H,8,10-17,20-29,31H2,1,3-7H3,(H,52,60)(H,53,61)(H,54,66)/t36-,37-,38-,39-,40+,41-/m0/s1. The molecule has 370 valence electrons. The Kier molecular flexibility index (Phi) is 19.8. The number of carbonyl (C=O) groups excluding carboxylic acids is 7. The van der Waals surface area contributed by atoms with Crippen LogP contribution in [0.25, 0.3) is 0 Å². The Bertz CT molecular complexity index is 1990. The molecule has 0 radical (unpaired) electrons. The van der Waals surface area contributed by atoms with E-state index in [1.807, 2.05) is 13.8 Å². The predicted molar refractivity (Wildman–Crippen MR) is 257 cm³/mol. The van der Waals surface area contributed by atoms with Crippen molar-refractivity contribution in [3.63, 3.8) is 0 Å². The lowest BCUT2D eigenvalue weighted by molar-refractivity contribution is -0.151. The molecule has 67 heavy (non-hydrogen) atoms. The molecule has 4 fully saturated rings. The van der Waals surface area contributed by atoms with E-state index in [1.165, 1.54) is 23.9 Å². The van der Waals surface area contributed by atoms with E-state index in [0.717, 1.165) is 26.1 Å². The molecular formula is C49H72Cl2N8O8. The van der Waals surface area contributed by atoms with Crippen LogP contribution in [-0.4, -0.2) is 169 Å². The highest BCUT2D eigenvalue weighted by molar-refractivity contribution is 6.33. The lowest BCUT2D eigenvalue weighted by Gasteiger charge is -2.37. The molecule has 0 spiro atoms. The van der Waals surface area contributed by atoms with Gasteiger partial charge in [0.2, 0.25) is 41.4 Å². The molecule has 1 aliphatic carbocycles. The van der Waals surface area contributed by atoms with Gasteiger partial charge >= 0.3 is 0 Å². The van der Waals surface area contributed by atoms with Gasteiger partial charge in [0, 0.05) is 63.8 Å². The van der Waals surface area contributed by atoms with E-state index in [1.54, 1.807) is 42.0 Å². The maximum atomic E-state index is 14.8. The number of carbonyl (C=O) groups is 7. The number of benzene rings is 1. The van der Waals surface area contributed by atoms with Gasteiger partial charge in [0.25, 0.3) is 0 Å². The number of rotatable bonds is 16. The molecule has 5 rings (SSSR count). The van der Waals surface area contributed by atoms with Crippen LogP contribution in [0.4, 0.5) is 0 Å². The van der Waals surface area contributed by atoms with E-state index in [2.05, 4.69) is 26.8 Å². The van der Waals surface area contributed by atoms with Crippen LogP contribution < -0.4 is 16.0 Å². The lowest BCUT2D eigenvalue weighted by Crippen LogP contribution is -2.60. The zero-order valence-electron chi connectivity index (χ0n) is 40.3. The van der Waals surface area contributed by atoms with E-state index in [-0.39, 0.29) is 43.9 Å². The van der Waals surface area contributed by atoms with Crippen molar-refractivity contribution in [2.24, 2.45) is 11.3 Å². The van der Waals surface area contributed by atoms with Crippen LogP contribution in [0.15, 0.2) is 18.2 Å². The van der Waals surface area contributed by atoms with Crippen molar-refractivity contribution in [2.45, 2.75) is 140 Å². The molecule has 1 saturated carbocycles. The molecule has 0 aromatic heterocycles. The maximum Gasteiger partial charge on any atom is 0.246 e. The molecule has 6 atom stereocenters. The van der Waals surface area contributed by atoms with Gasteiger partial charge in [-0.05, 0) is 113 Å². The predicted octanol–water partition coefficient (Wildman–Crippen LogP) is 3.65. The zero-order chi connectivity index (χ0) is 49.0. The third-order valence-corrected chi connectivity index (χ3v) is 14.4. The SMILES string of the molecule is C#CC1(C(=O)N[C@@H](CC)C(=O)N[C@@H](CCCCN2CCOCC2)C(=O)N(C)[C@H]2CCCCN(C)C(=O)[C@H]3CCCN3C(=O)[C@H](Cc3cc(Cl)ccc3Cl)N(C)C(=O)[C@H](CC(C)C)NC2=O)CC1. The summed E-state index contributed by atoms with van der Waals surface area (Å²) in [4.78, 5) is 108. The largest absolute Gasteiger partial charge is 0.379 e. The number of ether oxygens (including phenoxy) is 1. The summed E-state index contributed by atoms with van der Waals surface area (Å²) in [7, 11) is 4.74. The molecule has 0 bridgehead atoms. The maximum absolute atomic E-state index is 14.8. The van der Waals surface area contributed by atoms with Crippen molar-refractivity contribution >= 4 is 64.6 Å². The summed E-state index contributed by atoms with van der Waals surface area (Å²) in [5.74, 6) is -0.652. The number of terminal acetylenes is 1. The molecule has 18 heteroatoms. The van der Waals surface area contributed by atoms with E-state index >= 15 is 0 Å². The summed E-state index contributed by atoms with van der Waals surface area (Å²) in [6.07, 6.45) is 11.0. The molecule has 3 aliphatic heterocycles. The Morgan fingerprint density at radius 1 is 0.940 bits per heavy atom. The van der Waals surface area contributed by atoms with Gasteiger partial charge in [-0.2, -0.15) is 0 Å². The van der Waals surface area contributed by atoms with Crippen molar-refractivity contribution < 1.29 is 38.3 Å². The number of unbranched alkanes of at least 4 members (excludes halogenated alkanes) is 1. The van der Waals surface area contributed by atoms with E-state index < -0.39 is 77.1 Å². The molecule has 16 nitrogen and oxygen atoms in total. The molecule has 0 unspecified atom stereocenters. The fourth-order valence-corrected chi connectivity index (χ4v) is 9.73. The molecular weight excluding hydrogens is 899 g/mol. The molecule has 3 heterocycles. The van der Waals surface area contributed by atoms with Gasteiger partial charge in [0.05, 0.1) is 13.2 Å². The minimum absolute atomic E-state index is 0.00281. The summed E-state index contributed by atoms with van der Waals surface area (Å²) in [5, 5.41) is 9.48. The lowest BCUT2D eigenvalue weighted by atomic mass is 9.98. The van der Waals surface area contributed by atoms with Crippen LogP contribution in [-0.2, 0) is 44.7 Å². The Morgan fingerprint density at radius 2 is 1.66 bits per heavy atom. The number of halogens is 2. The Hall–Kier alpha value is -4.43. The average molecular weight is 972 g/mol. The molecule has 3 saturated heterocycles. The number of amides is 7. The fourth-order valence-electron chi connectivity index (χ4n) is 9.34. The molecule has 1 aromatic rings. The Morgan fingerprint density at radius 3 is 2.31 bits per heavy atom. The van der Waals surface area contributed by atoms with Gasteiger partial charge in [-0.3, -0.25) is 38.5 Å². The molecule has 4 aliphatic rings. The minimum Gasteiger partial charge on any atom is -0.379 e. The number of hydrogen-bond acceptors (Lipinski definition) is 9. The van der Waals surface area contributed by atoms with E-state index in [0.29, 0.717) is 86.9 Å². The Balaban J connectivity index is 1.44. The van der Waals surface area contributed by atoms with Gasteiger partial charge in [0.15, 0.2) is 0 Å². The molecule has 3 N–H and O–H groups in total. The van der Waals surface area contributed by atoms with Gasteiger partial charge in [0.1, 0.15) is 41.7 Å². The van der Waals surface area contributed by atoms with Crippen LogP contribution in [0.2, 0.25) is 10.0 Å². The third kappa shape index (κ3) is 14.1. The number of nitrogens with zero attached hydrogens (tertiary/aromatic N) is 5. The van der Waals surface area contributed by atoms with E-state index in [4.69, 9.17) is 34.4 Å². The highest BCUT2D eigenvalue weighted by Crippen LogP contribution is 2.45. The third-order valence-electron chi connectivity index (χ3n) is 13.8. The quantitative estimate of drug-likeness (QED) is 0.165. The van der Waals surface area contributed by atoms with Gasteiger partial charge < -0.3 is 40.3 Å². The van der Waals surface area contributed by atoms with Crippen LogP contribution in [0.3, 0.4) is 0 Å². The van der Waals surface area contributed by atoms with Gasteiger partial charge in [-0.15, -0.1) is 6.42 Å². The highest BCUT2D eigenvalue weighted by Gasteiger charge is 2.49. The first-order valence-electron chi connectivity index (χ1n) is 24.1. The fraction of sp³-hybridized carbons (Fsp3) is 0.694. The summed E-state index contributed by atoms with van der Waals surface area (Å²) in [6.45, 7) is 10.00. The van der Waals surface area contributed by atoms with Crippen molar-refractivity contribution in [1.29, 1.82) is 0 Å². The van der Waals surface area contributed by atoms with Crippen molar-refractivity contribution in [2.75, 3.05) is 67.1 Å². The average Bonchev–Trinajstić information content (AvgIpc) is 3.97. The van der Waals surface area contributed by atoms with Crippen LogP contribution in [0.1, 0.15) is 103 Å². The number of fused-ring (bicyclic) bond motifs is 1. The summed E-state index contributed by atoms with van der Waals surface area (Å²) in [5.41, 5.74) is -0.386. The van der Waals surface area contributed by atoms with E-state index in [9.17, 15) is 33.6 Å². The van der Waals surface area contributed by atoms with Crippen LogP contribution in [0.5, 0.6) is 0 Å².